The minimum atomic E-state index is -4.77. The Morgan fingerprint density at radius 1 is 1.44 bits per heavy atom. The van der Waals surface area contributed by atoms with E-state index in [1.165, 1.54) is 18.2 Å². The number of hydrogen-bond donors (Lipinski definition) is 3. The molecule has 0 aromatic heterocycles. The minimum Gasteiger partial charge on any atom is -0.508 e. The second-order valence-corrected chi connectivity index (χ2v) is 3.49. The fraction of sp³-hybridized carbons (Fsp3) is 0.300. The lowest BCUT2D eigenvalue weighted by Crippen LogP contribution is -2.44. The van der Waals surface area contributed by atoms with Crippen LogP contribution in [0.1, 0.15) is 5.56 Å². The first-order chi connectivity index (χ1) is 8.25. The normalized spacial score (nSPS) is 11.6. The third-order valence-corrected chi connectivity index (χ3v) is 2.12. The molecule has 0 unspecified atom stereocenters. The molecule has 0 aliphatic carbocycles. The molecule has 0 saturated heterocycles. The summed E-state index contributed by atoms with van der Waals surface area (Å²) in [6, 6.07) is 3.78. The van der Waals surface area contributed by atoms with Crippen molar-refractivity contribution in [2.24, 2.45) is 0 Å². The molecule has 8 heteroatoms. The molecule has 0 atom stereocenters. The Bertz CT molecular complexity index is 452. The van der Waals surface area contributed by atoms with Gasteiger partial charge in [0, 0.05) is 17.8 Å². The van der Waals surface area contributed by atoms with Crippen LogP contribution in [-0.2, 0) is 11.3 Å². The highest BCUT2D eigenvalue weighted by atomic mass is 19.3. The van der Waals surface area contributed by atoms with Crippen LogP contribution in [0.3, 0.4) is 0 Å². The summed E-state index contributed by atoms with van der Waals surface area (Å²) in [5, 5.41) is 10.9. The molecule has 0 bridgehead atoms. The number of nitrogens with one attached hydrogen (secondary N) is 1. The fourth-order valence-electron chi connectivity index (χ4n) is 1.14. The summed E-state index contributed by atoms with van der Waals surface area (Å²) in [5.74, 6) is -7.17. The van der Waals surface area contributed by atoms with E-state index in [2.05, 4.69) is 0 Å². The number of carbonyl (C=O) groups is 1. The molecule has 18 heavy (non-hydrogen) atoms. The monoisotopic (exact) mass is 266 g/mol. The van der Waals surface area contributed by atoms with Crippen molar-refractivity contribution in [1.82, 2.24) is 5.32 Å². The first-order valence-corrected chi connectivity index (χ1v) is 4.76. The van der Waals surface area contributed by atoms with Crippen molar-refractivity contribution in [2.45, 2.75) is 18.9 Å². The van der Waals surface area contributed by atoms with Crippen LogP contribution >= 0.6 is 0 Å². The average Bonchev–Trinajstić information content (AvgIpc) is 2.29. The summed E-state index contributed by atoms with van der Waals surface area (Å²) in [7, 11) is 0. The van der Waals surface area contributed by atoms with Crippen molar-refractivity contribution >= 4 is 11.6 Å². The first kappa shape index (κ1) is 14.1. The van der Waals surface area contributed by atoms with Gasteiger partial charge in [-0.15, -0.1) is 0 Å². The summed E-state index contributed by atoms with van der Waals surface area (Å²) in [6.07, 6.45) is -4.09. The van der Waals surface area contributed by atoms with E-state index in [0.717, 1.165) is 0 Å². The summed E-state index contributed by atoms with van der Waals surface area (Å²) in [6.45, 7) is -0.530. The molecule has 1 amide bonds. The van der Waals surface area contributed by atoms with E-state index in [4.69, 9.17) is 5.73 Å². The molecule has 0 heterocycles. The van der Waals surface area contributed by atoms with Gasteiger partial charge in [0.25, 0.3) is 5.91 Å². The van der Waals surface area contributed by atoms with Crippen molar-refractivity contribution in [1.29, 1.82) is 0 Å². The number of halogens is 4. The van der Waals surface area contributed by atoms with Crippen LogP contribution in [0.5, 0.6) is 5.75 Å². The SMILES string of the molecule is Nc1ccc(O)c(CNC(=O)C(F)(F)C(F)F)c1. The van der Waals surface area contributed by atoms with Gasteiger partial charge in [-0.1, -0.05) is 0 Å². The molecule has 0 aliphatic rings. The molecule has 0 fully saturated rings. The molecule has 1 aromatic carbocycles. The molecule has 100 valence electrons. The number of nitrogens with two attached hydrogens (primary N) is 1. The fourth-order valence-corrected chi connectivity index (χ4v) is 1.14. The first-order valence-electron chi connectivity index (χ1n) is 4.76. The molecule has 1 aromatic rings. The van der Waals surface area contributed by atoms with E-state index in [0.29, 0.717) is 0 Å². The lowest BCUT2D eigenvalue weighted by molar-refractivity contribution is -0.169. The highest BCUT2D eigenvalue weighted by molar-refractivity contribution is 5.83. The van der Waals surface area contributed by atoms with Crippen LogP contribution < -0.4 is 11.1 Å². The van der Waals surface area contributed by atoms with Crippen molar-refractivity contribution in [3.8, 4) is 5.75 Å². The van der Waals surface area contributed by atoms with Gasteiger partial charge in [0.05, 0.1) is 0 Å². The van der Waals surface area contributed by atoms with Crippen LogP contribution in [0.15, 0.2) is 18.2 Å². The molecular weight excluding hydrogens is 256 g/mol. The highest BCUT2D eigenvalue weighted by Crippen LogP contribution is 2.24. The predicted octanol–water partition coefficient (Wildman–Crippen LogP) is 1.49. The predicted molar refractivity (Wildman–Crippen MR) is 55.3 cm³/mol. The Kier molecular flexibility index (Phi) is 4.00. The number of hydrogen-bond acceptors (Lipinski definition) is 3. The number of aromatic hydroxyl groups is 1. The average molecular weight is 266 g/mol. The van der Waals surface area contributed by atoms with E-state index in [1.54, 1.807) is 5.32 Å². The Balaban J connectivity index is 2.71. The van der Waals surface area contributed by atoms with Crippen LogP contribution in [0.4, 0.5) is 23.2 Å². The molecule has 1 rings (SSSR count). The lowest BCUT2D eigenvalue weighted by atomic mass is 10.1. The minimum absolute atomic E-state index is 0.0495. The molecular formula is C10H10F4N2O2. The highest BCUT2D eigenvalue weighted by Gasteiger charge is 2.48. The largest absolute Gasteiger partial charge is 0.508 e. The number of carbonyl (C=O) groups excluding carboxylic acids is 1. The number of rotatable bonds is 4. The maximum Gasteiger partial charge on any atom is 0.383 e. The van der Waals surface area contributed by atoms with Gasteiger partial charge in [-0.3, -0.25) is 4.79 Å². The summed E-state index contributed by atoms with van der Waals surface area (Å²) >= 11 is 0. The van der Waals surface area contributed by atoms with Crippen molar-refractivity contribution in [3.05, 3.63) is 23.8 Å². The number of anilines is 1. The van der Waals surface area contributed by atoms with Crippen molar-refractivity contribution in [2.75, 3.05) is 5.73 Å². The smallest absolute Gasteiger partial charge is 0.383 e. The van der Waals surface area contributed by atoms with E-state index in [-0.39, 0.29) is 17.0 Å². The molecule has 0 spiro atoms. The standard InChI is InChI=1S/C10H10F4N2O2/c11-8(12)10(13,14)9(18)16-4-5-3-6(15)1-2-7(5)17/h1-3,8,17H,4,15H2,(H,16,18). The molecule has 0 radical (unpaired) electrons. The van der Waals surface area contributed by atoms with E-state index in [9.17, 15) is 27.5 Å². The Morgan fingerprint density at radius 3 is 2.61 bits per heavy atom. The van der Waals surface area contributed by atoms with Crippen molar-refractivity contribution < 1.29 is 27.5 Å². The van der Waals surface area contributed by atoms with Gasteiger partial charge in [0.1, 0.15) is 5.75 Å². The second-order valence-electron chi connectivity index (χ2n) is 3.49. The zero-order chi connectivity index (χ0) is 13.9. The van der Waals surface area contributed by atoms with Gasteiger partial charge in [0.15, 0.2) is 0 Å². The Morgan fingerprint density at radius 2 is 2.06 bits per heavy atom. The third kappa shape index (κ3) is 3.02. The Hall–Kier alpha value is -1.99. The lowest BCUT2D eigenvalue weighted by Gasteiger charge is -2.15. The van der Waals surface area contributed by atoms with Gasteiger partial charge in [-0.25, -0.2) is 8.78 Å². The van der Waals surface area contributed by atoms with Crippen molar-refractivity contribution in [3.63, 3.8) is 0 Å². The topological polar surface area (TPSA) is 75.3 Å². The summed E-state index contributed by atoms with van der Waals surface area (Å²) < 4.78 is 48.9. The van der Waals surface area contributed by atoms with Crippen LogP contribution in [0.2, 0.25) is 0 Å². The molecule has 0 aliphatic heterocycles. The number of phenols is 1. The summed E-state index contributed by atoms with van der Waals surface area (Å²) in [4.78, 5) is 10.8. The van der Waals surface area contributed by atoms with Gasteiger partial charge in [-0.05, 0) is 18.2 Å². The number of amides is 1. The van der Waals surface area contributed by atoms with Crippen LogP contribution in [-0.4, -0.2) is 23.4 Å². The number of nitrogen functional groups attached to an aromatic ring is 1. The van der Waals surface area contributed by atoms with E-state index in [1.807, 2.05) is 0 Å². The van der Waals surface area contributed by atoms with Gasteiger partial charge in [0.2, 0.25) is 0 Å². The molecule has 4 N–H and O–H groups in total. The zero-order valence-corrected chi connectivity index (χ0v) is 8.96. The third-order valence-electron chi connectivity index (χ3n) is 2.12. The van der Waals surface area contributed by atoms with E-state index >= 15 is 0 Å². The second kappa shape index (κ2) is 5.11. The number of alkyl halides is 4. The quantitative estimate of drug-likeness (QED) is 0.439. The van der Waals surface area contributed by atoms with Crippen LogP contribution in [0, 0.1) is 0 Å². The summed E-state index contributed by atoms with van der Waals surface area (Å²) in [5.41, 5.74) is 5.66. The molecule has 4 nitrogen and oxygen atoms in total. The van der Waals surface area contributed by atoms with Gasteiger partial charge >= 0.3 is 12.3 Å². The Labute approximate surface area is 99.4 Å². The van der Waals surface area contributed by atoms with E-state index < -0.39 is 24.8 Å². The number of benzene rings is 1. The maximum absolute atomic E-state index is 12.6. The molecule has 0 saturated carbocycles. The van der Waals surface area contributed by atoms with Gasteiger partial charge < -0.3 is 16.2 Å². The van der Waals surface area contributed by atoms with Gasteiger partial charge in [-0.2, -0.15) is 8.78 Å². The van der Waals surface area contributed by atoms with Crippen LogP contribution in [0.25, 0.3) is 0 Å². The number of phenolic OH excluding ortho intramolecular Hbond substituents is 1. The maximum atomic E-state index is 12.6. The zero-order valence-electron chi connectivity index (χ0n) is 8.96.